The van der Waals surface area contributed by atoms with E-state index in [0.29, 0.717) is 6.42 Å². The van der Waals surface area contributed by atoms with Gasteiger partial charge < -0.3 is 5.11 Å². The lowest BCUT2D eigenvalue weighted by molar-refractivity contribution is -0.137. The molecule has 1 aromatic carbocycles. The van der Waals surface area contributed by atoms with Crippen molar-refractivity contribution >= 4 is 0 Å². The summed E-state index contributed by atoms with van der Waals surface area (Å²) in [5, 5.41) is 21.8. The molecule has 3 rings (SSSR count). The number of rotatable bonds is 2. The van der Waals surface area contributed by atoms with Crippen LogP contribution in [0.2, 0.25) is 0 Å². The summed E-state index contributed by atoms with van der Waals surface area (Å²) < 4.78 is 38.2. The first-order valence-electron chi connectivity index (χ1n) is 7.10. The van der Waals surface area contributed by atoms with Gasteiger partial charge in [0.25, 0.3) is 0 Å². The third kappa shape index (κ3) is 2.96. The zero-order valence-electron chi connectivity index (χ0n) is 11.7. The van der Waals surface area contributed by atoms with Crippen molar-refractivity contribution in [2.75, 3.05) is 0 Å². The summed E-state index contributed by atoms with van der Waals surface area (Å²) in [5.74, 6) is 0.129. The second-order valence-corrected chi connectivity index (χ2v) is 5.43. The standard InChI is InChI=1S/C14H15F3N4O/c15-14(16,17)10-5-3-4-9(8-10)13-18-20-21(19-13)11-6-1-2-7-12(11)22/h3-5,8,11-12,22H,1-2,6-7H2. The Morgan fingerprint density at radius 3 is 2.68 bits per heavy atom. The Hall–Kier alpha value is -1.96. The molecule has 1 N–H and O–H groups in total. The number of halogens is 3. The highest BCUT2D eigenvalue weighted by molar-refractivity contribution is 5.55. The molecule has 0 radical (unpaired) electrons. The lowest BCUT2D eigenvalue weighted by Gasteiger charge is -2.25. The zero-order valence-corrected chi connectivity index (χ0v) is 11.7. The highest BCUT2D eigenvalue weighted by Crippen LogP contribution is 2.32. The Kier molecular flexibility index (Phi) is 3.86. The Morgan fingerprint density at radius 2 is 1.95 bits per heavy atom. The molecule has 8 heteroatoms. The summed E-state index contributed by atoms with van der Waals surface area (Å²) in [5.41, 5.74) is -0.495. The van der Waals surface area contributed by atoms with E-state index in [1.807, 2.05) is 0 Å². The molecule has 1 saturated carbocycles. The van der Waals surface area contributed by atoms with Crippen molar-refractivity contribution in [1.82, 2.24) is 20.2 Å². The van der Waals surface area contributed by atoms with Gasteiger partial charge in [0.15, 0.2) is 0 Å². The van der Waals surface area contributed by atoms with Gasteiger partial charge in [0.05, 0.1) is 17.7 Å². The lowest BCUT2D eigenvalue weighted by atomic mass is 9.93. The fourth-order valence-electron chi connectivity index (χ4n) is 2.68. The van der Waals surface area contributed by atoms with Crippen molar-refractivity contribution in [3.8, 4) is 11.4 Å². The van der Waals surface area contributed by atoms with Gasteiger partial charge in [-0.05, 0) is 30.2 Å². The molecular formula is C14H15F3N4O. The average Bonchev–Trinajstić information content (AvgIpc) is 2.97. The van der Waals surface area contributed by atoms with Crippen LogP contribution in [0.1, 0.15) is 37.3 Å². The Balaban J connectivity index is 1.87. The first-order chi connectivity index (χ1) is 10.4. The zero-order chi connectivity index (χ0) is 15.7. The second-order valence-electron chi connectivity index (χ2n) is 5.43. The van der Waals surface area contributed by atoms with Crippen LogP contribution in [0.4, 0.5) is 13.2 Å². The van der Waals surface area contributed by atoms with E-state index in [1.54, 1.807) is 0 Å². The van der Waals surface area contributed by atoms with Crippen molar-refractivity contribution in [3.63, 3.8) is 0 Å². The second kappa shape index (κ2) is 5.68. The van der Waals surface area contributed by atoms with Gasteiger partial charge in [0.1, 0.15) is 0 Å². The minimum atomic E-state index is -4.41. The largest absolute Gasteiger partial charge is 0.416 e. The summed E-state index contributed by atoms with van der Waals surface area (Å²) in [6, 6.07) is 4.56. The first kappa shape index (κ1) is 15.0. The van der Waals surface area contributed by atoms with Crippen LogP contribution in [0.25, 0.3) is 11.4 Å². The Labute approximate surface area is 124 Å². The highest BCUT2D eigenvalue weighted by Gasteiger charge is 2.31. The van der Waals surface area contributed by atoms with Gasteiger partial charge >= 0.3 is 6.18 Å². The van der Waals surface area contributed by atoms with E-state index in [2.05, 4.69) is 15.4 Å². The van der Waals surface area contributed by atoms with E-state index >= 15 is 0 Å². The van der Waals surface area contributed by atoms with E-state index in [4.69, 9.17) is 0 Å². The van der Waals surface area contributed by atoms with Gasteiger partial charge in [-0.3, -0.25) is 0 Å². The molecule has 2 aromatic rings. The van der Waals surface area contributed by atoms with Crippen molar-refractivity contribution in [3.05, 3.63) is 29.8 Å². The number of aromatic nitrogens is 4. The van der Waals surface area contributed by atoms with Crippen LogP contribution in [-0.4, -0.2) is 31.4 Å². The lowest BCUT2D eigenvalue weighted by Crippen LogP contribution is -2.29. The number of aliphatic hydroxyl groups excluding tert-OH is 1. The van der Waals surface area contributed by atoms with Crippen molar-refractivity contribution in [2.45, 2.75) is 44.0 Å². The number of hydrogen-bond acceptors (Lipinski definition) is 4. The molecule has 118 valence electrons. The first-order valence-corrected chi connectivity index (χ1v) is 7.10. The summed E-state index contributed by atoms with van der Waals surface area (Å²) in [6.07, 6.45) is -1.64. The van der Waals surface area contributed by atoms with Crippen LogP contribution in [0.15, 0.2) is 24.3 Å². The van der Waals surface area contributed by atoms with Crippen LogP contribution in [0.5, 0.6) is 0 Å². The third-order valence-electron chi connectivity index (χ3n) is 3.87. The summed E-state index contributed by atoms with van der Waals surface area (Å²) in [6.45, 7) is 0. The molecule has 1 aliphatic rings. The van der Waals surface area contributed by atoms with Crippen molar-refractivity contribution < 1.29 is 18.3 Å². The topological polar surface area (TPSA) is 63.8 Å². The summed E-state index contributed by atoms with van der Waals surface area (Å²) in [7, 11) is 0. The van der Waals surface area contributed by atoms with Crippen LogP contribution >= 0.6 is 0 Å². The van der Waals surface area contributed by atoms with Gasteiger partial charge in [0, 0.05) is 5.56 Å². The van der Waals surface area contributed by atoms with Gasteiger partial charge in [0.2, 0.25) is 5.82 Å². The van der Waals surface area contributed by atoms with E-state index < -0.39 is 17.8 Å². The smallest absolute Gasteiger partial charge is 0.391 e. The molecule has 1 aromatic heterocycles. The fraction of sp³-hybridized carbons (Fsp3) is 0.500. The van der Waals surface area contributed by atoms with E-state index in [9.17, 15) is 18.3 Å². The SMILES string of the molecule is OC1CCCCC1n1nnc(-c2cccc(C(F)(F)F)c2)n1. The fourth-order valence-corrected chi connectivity index (χ4v) is 2.68. The maximum atomic E-state index is 12.7. The number of nitrogens with zero attached hydrogens (tertiary/aromatic N) is 4. The normalized spacial score (nSPS) is 22.7. The minimum Gasteiger partial charge on any atom is -0.391 e. The Bertz CT molecular complexity index is 656. The number of alkyl halides is 3. The van der Waals surface area contributed by atoms with E-state index in [-0.39, 0.29) is 17.4 Å². The predicted molar refractivity (Wildman–Crippen MR) is 71.8 cm³/mol. The molecule has 0 saturated heterocycles. The van der Waals surface area contributed by atoms with Gasteiger partial charge in [-0.2, -0.15) is 18.0 Å². The molecule has 0 aliphatic heterocycles. The van der Waals surface area contributed by atoms with Gasteiger partial charge in [-0.1, -0.05) is 25.0 Å². The van der Waals surface area contributed by atoms with Gasteiger partial charge in [-0.15, -0.1) is 10.2 Å². The average molecular weight is 312 g/mol. The van der Waals surface area contributed by atoms with E-state index in [0.717, 1.165) is 31.4 Å². The minimum absolute atomic E-state index is 0.129. The number of tetrazole rings is 1. The molecule has 1 heterocycles. The molecule has 5 nitrogen and oxygen atoms in total. The molecule has 22 heavy (non-hydrogen) atoms. The highest BCUT2D eigenvalue weighted by atomic mass is 19.4. The molecular weight excluding hydrogens is 297 g/mol. The van der Waals surface area contributed by atoms with Crippen LogP contribution in [0.3, 0.4) is 0 Å². The summed E-state index contributed by atoms with van der Waals surface area (Å²) in [4.78, 5) is 1.32. The van der Waals surface area contributed by atoms with Crippen LogP contribution in [-0.2, 0) is 6.18 Å². The van der Waals surface area contributed by atoms with Crippen molar-refractivity contribution in [2.24, 2.45) is 0 Å². The molecule has 0 amide bonds. The maximum absolute atomic E-state index is 12.7. The number of hydrogen-bond donors (Lipinski definition) is 1. The van der Waals surface area contributed by atoms with Crippen molar-refractivity contribution in [1.29, 1.82) is 0 Å². The molecule has 1 aliphatic carbocycles. The quantitative estimate of drug-likeness (QED) is 0.926. The monoisotopic (exact) mass is 312 g/mol. The molecule has 0 bridgehead atoms. The molecule has 2 unspecified atom stereocenters. The predicted octanol–water partition coefficient (Wildman–Crippen LogP) is 2.83. The molecule has 1 fully saturated rings. The molecule has 2 atom stereocenters. The number of aliphatic hydroxyl groups is 1. The maximum Gasteiger partial charge on any atom is 0.416 e. The van der Waals surface area contributed by atoms with Crippen LogP contribution in [0, 0.1) is 0 Å². The van der Waals surface area contributed by atoms with Crippen LogP contribution < -0.4 is 0 Å². The third-order valence-corrected chi connectivity index (χ3v) is 3.87. The number of benzene rings is 1. The Morgan fingerprint density at radius 1 is 1.18 bits per heavy atom. The summed E-state index contributed by atoms with van der Waals surface area (Å²) >= 11 is 0. The van der Waals surface area contributed by atoms with E-state index in [1.165, 1.54) is 16.9 Å². The van der Waals surface area contributed by atoms with Gasteiger partial charge in [-0.25, -0.2) is 0 Å². The molecule has 0 spiro atoms.